The molecular formula is C70H121N9O12S3. The SMILES string of the molecule is CCCCCCCCNCCCCCCCC.CCCCCCCCNCCCCCCCC.CCCCCCCCNCCCCCCCC.Nc1c(N=Nc2ccc([N+](=O)[O-])cc2)c(S(=O)(=O)O)cc2cc(S(=O)(=O)O)c(N=Nc3cccc(S(=O)(=O)O)c3)c(O)c12. The van der Waals surface area contributed by atoms with Gasteiger partial charge in [-0.15, -0.1) is 10.2 Å². The number of phenolic OH excluding ortho intramolecular Hbond substituents is 1. The second-order valence-electron chi connectivity index (χ2n) is 24.3. The van der Waals surface area contributed by atoms with Gasteiger partial charge < -0.3 is 26.8 Å². The average molecular weight is 1380 g/mol. The smallest absolute Gasteiger partial charge is 0.296 e. The van der Waals surface area contributed by atoms with E-state index in [1.54, 1.807) is 0 Å². The Hall–Kier alpha value is -5.05. The zero-order valence-corrected chi connectivity index (χ0v) is 60.5. The first-order valence-corrected chi connectivity index (χ1v) is 39.8. The molecule has 0 fully saturated rings. The number of fused-ring (bicyclic) bond motifs is 1. The molecule has 24 heteroatoms. The van der Waals surface area contributed by atoms with Crippen molar-refractivity contribution >= 4 is 75.3 Å². The van der Waals surface area contributed by atoms with E-state index in [0.29, 0.717) is 12.1 Å². The van der Waals surface area contributed by atoms with Gasteiger partial charge in [-0.3, -0.25) is 23.8 Å². The van der Waals surface area contributed by atoms with Crippen LogP contribution >= 0.6 is 0 Å². The number of nitrogens with two attached hydrogens (primary N) is 1. The minimum Gasteiger partial charge on any atom is -0.505 e. The number of unbranched alkanes of at least 4 members (excludes halogenated alkanes) is 30. The van der Waals surface area contributed by atoms with Gasteiger partial charge in [-0.2, -0.15) is 35.5 Å². The summed E-state index contributed by atoms with van der Waals surface area (Å²) in [5.74, 6) is -1.06. The lowest BCUT2D eigenvalue weighted by molar-refractivity contribution is -0.384. The van der Waals surface area contributed by atoms with Gasteiger partial charge in [0.2, 0.25) is 0 Å². The summed E-state index contributed by atoms with van der Waals surface area (Å²) in [4.78, 5) is 7.51. The standard InChI is InChI=1S/C22H16N6O12S3.3C16H35N/c23-19-18-11(8-16(42(35,36)37)20(19)26-24-12-4-6-14(7-5-12)28(30)31)9-17(43(38,39)40)21(22(18)29)27-25-13-2-1-3-15(10-13)41(32,33)34;3*1-3-5-7-9-11-13-15-17-16-14-12-10-8-6-4-2/h1-10,29H,23H2,(H,32,33,34)(H,35,36,37)(H,38,39,40);3*17H,3-16H2,1-2H3. The molecule has 4 aromatic rings. The van der Waals surface area contributed by atoms with E-state index in [-0.39, 0.29) is 17.1 Å². The molecule has 0 amide bonds. The van der Waals surface area contributed by atoms with E-state index in [1.807, 2.05) is 0 Å². The van der Waals surface area contributed by atoms with E-state index in [2.05, 4.69) is 77.9 Å². The van der Waals surface area contributed by atoms with E-state index in [0.717, 1.165) is 36.4 Å². The van der Waals surface area contributed by atoms with Crippen LogP contribution < -0.4 is 21.7 Å². The Morgan fingerprint density at radius 2 is 0.713 bits per heavy atom. The molecular weight excluding hydrogens is 1260 g/mol. The number of nitrogens with one attached hydrogen (secondary N) is 3. The third kappa shape index (κ3) is 41.1. The zero-order chi connectivity index (χ0) is 69.7. The van der Waals surface area contributed by atoms with Crippen molar-refractivity contribution in [2.45, 2.75) is 287 Å². The normalized spacial score (nSPS) is 11.8. The van der Waals surface area contributed by atoms with E-state index in [1.165, 1.54) is 283 Å². The van der Waals surface area contributed by atoms with Crippen molar-refractivity contribution in [3.05, 3.63) is 70.8 Å². The van der Waals surface area contributed by atoms with Crippen molar-refractivity contribution in [1.29, 1.82) is 0 Å². The summed E-state index contributed by atoms with van der Waals surface area (Å²) < 4.78 is 100. The Morgan fingerprint density at radius 3 is 1.03 bits per heavy atom. The molecule has 0 unspecified atom stereocenters. The Labute approximate surface area is 566 Å². The highest BCUT2D eigenvalue weighted by Gasteiger charge is 2.28. The molecule has 0 aromatic heterocycles. The summed E-state index contributed by atoms with van der Waals surface area (Å²) in [7, 11) is -15.0. The Balaban J connectivity index is 0.000000717. The zero-order valence-electron chi connectivity index (χ0n) is 58.1. The predicted octanol–water partition coefficient (Wildman–Crippen LogP) is 20.5. The predicted molar refractivity (Wildman–Crippen MR) is 386 cm³/mol. The van der Waals surface area contributed by atoms with Crippen molar-refractivity contribution < 1.29 is 48.9 Å². The van der Waals surface area contributed by atoms with Crippen molar-refractivity contribution in [1.82, 2.24) is 16.0 Å². The lowest BCUT2D eigenvalue weighted by Gasteiger charge is -2.14. The minimum atomic E-state index is -5.20. The highest BCUT2D eigenvalue weighted by molar-refractivity contribution is 7.86. The molecule has 0 aliphatic heterocycles. The molecule has 4 rings (SSSR count). The van der Waals surface area contributed by atoms with E-state index >= 15 is 0 Å². The molecule has 21 nitrogen and oxygen atoms in total. The van der Waals surface area contributed by atoms with Crippen LogP contribution in [-0.2, 0) is 30.4 Å². The number of nitrogens with zero attached hydrogens (tertiary/aromatic N) is 5. The molecule has 0 saturated carbocycles. The largest absolute Gasteiger partial charge is 0.505 e. The van der Waals surface area contributed by atoms with Gasteiger partial charge in [-0.05, 0) is 126 Å². The fourth-order valence-electron chi connectivity index (χ4n) is 10.2. The van der Waals surface area contributed by atoms with Crippen LogP contribution in [0.1, 0.15) is 273 Å². The monoisotopic (exact) mass is 1380 g/mol. The number of hydrogen-bond donors (Lipinski definition) is 8. The van der Waals surface area contributed by atoms with E-state index < -0.39 is 83.5 Å². The van der Waals surface area contributed by atoms with Gasteiger partial charge in [-0.1, -0.05) is 240 Å². The molecule has 9 N–H and O–H groups in total. The molecule has 0 atom stereocenters. The van der Waals surface area contributed by atoms with Crippen LogP contribution in [0.4, 0.5) is 34.1 Å². The quantitative estimate of drug-likeness (QED) is 0.00508. The topological polar surface area (TPSA) is 338 Å². The third-order valence-electron chi connectivity index (χ3n) is 15.8. The van der Waals surface area contributed by atoms with Gasteiger partial charge in [-0.25, -0.2) is 0 Å². The molecule has 94 heavy (non-hydrogen) atoms. The molecule has 536 valence electrons. The van der Waals surface area contributed by atoms with Crippen molar-refractivity contribution in [2.75, 3.05) is 45.0 Å². The maximum Gasteiger partial charge on any atom is 0.296 e. The highest BCUT2D eigenvalue weighted by atomic mass is 32.2. The van der Waals surface area contributed by atoms with E-state index in [4.69, 9.17) is 5.73 Å². The van der Waals surface area contributed by atoms with E-state index in [9.17, 15) is 54.1 Å². The summed E-state index contributed by atoms with van der Waals surface area (Å²) in [6.07, 6.45) is 50.7. The molecule has 0 radical (unpaired) electrons. The molecule has 0 saturated heterocycles. The number of nitro groups is 1. The number of phenols is 1. The summed E-state index contributed by atoms with van der Waals surface area (Å²) >= 11 is 0. The van der Waals surface area contributed by atoms with Gasteiger partial charge in [0.25, 0.3) is 36.0 Å². The maximum atomic E-state index is 12.2. The van der Waals surface area contributed by atoms with Crippen LogP contribution in [-0.4, -0.2) is 88.2 Å². The number of rotatable bonds is 50. The van der Waals surface area contributed by atoms with Gasteiger partial charge in [0, 0.05) is 12.1 Å². The number of hydrogen-bond acceptors (Lipinski definition) is 17. The van der Waals surface area contributed by atoms with Gasteiger partial charge in [0.1, 0.15) is 21.2 Å². The third-order valence-corrected chi connectivity index (χ3v) is 18.4. The number of aromatic hydroxyl groups is 1. The van der Waals surface area contributed by atoms with Crippen LogP contribution in [0.15, 0.2) is 95.8 Å². The number of benzene rings is 4. The molecule has 0 aliphatic carbocycles. The number of non-ortho nitro benzene ring substituents is 1. The van der Waals surface area contributed by atoms with Crippen molar-refractivity contribution in [3.8, 4) is 5.75 Å². The first-order valence-electron chi connectivity index (χ1n) is 35.5. The average Bonchev–Trinajstić information content (AvgIpc) is 0.744. The fraction of sp³-hybridized carbons (Fsp3) is 0.686. The second kappa shape index (κ2) is 54.0. The van der Waals surface area contributed by atoms with Gasteiger partial charge in [0.15, 0.2) is 5.75 Å². The molecule has 0 bridgehead atoms. The maximum absolute atomic E-state index is 12.2. The number of azo groups is 2. The lowest BCUT2D eigenvalue weighted by Crippen LogP contribution is -2.16. The Morgan fingerprint density at radius 1 is 0.404 bits per heavy atom. The summed E-state index contributed by atoms with van der Waals surface area (Å²) in [6, 6.07) is 10.1. The number of anilines is 1. The van der Waals surface area contributed by atoms with Crippen LogP contribution in [0.5, 0.6) is 5.75 Å². The first-order chi connectivity index (χ1) is 45.1. The molecule has 0 heterocycles. The van der Waals surface area contributed by atoms with Gasteiger partial charge >= 0.3 is 0 Å². The molecule has 0 aliphatic rings. The van der Waals surface area contributed by atoms with Crippen LogP contribution in [0.3, 0.4) is 0 Å². The number of nitro benzene ring substituents is 1. The first kappa shape index (κ1) is 87.0. The Bertz CT molecular complexity index is 2930. The Kier molecular flexibility index (Phi) is 50.0. The summed E-state index contributed by atoms with van der Waals surface area (Å²) in [5.41, 5.74) is 3.23. The van der Waals surface area contributed by atoms with Crippen LogP contribution in [0.2, 0.25) is 0 Å². The second-order valence-corrected chi connectivity index (χ2v) is 28.5. The molecule has 0 spiro atoms. The molecule has 4 aromatic carbocycles. The fourth-order valence-corrected chi connectivity index (χ4v) is 12.1. The van der Waals surface area contributed by atoms with Gasteiger partial charge in [0.05, 0.1) is 32.3 Å². The van der Waals surface area contributed by atoms with Crippen LogP contribution in [0.25, 0.3) is 10.8 Å². The highest BCUT2D eigenvalue weighted by Crippen LogP contribution is 2.48. The lowest BCUT2D eigenvalue weighted by atomic mass is 10.1. The minimum absolute atomic E-state index is 0.0149. The summed E-state index contributed by atoms with van der Waals surface area (Å²) in [6.45, 7) is 21.1. The van der Waals surface area contributed by atoms with Crippen molar-refractivity contribution in [2.24, 2.45) is 20.5 Å². The summed E-state index contributed by atoms with van der Waals surface area (Å²) in [5, 5.41) is 46.4. The van der Waals surface area contributed by atoms with Crippen LogP contribution in [0, 0.1) is 10.1 Å². The number of nitrogen functional groups attached to an aromatic ring is 1. The van der Waals surface area contributed by atoms with Crippen molar-refractivity contribution in [3.63, 3.8) is 0 Å².